The van der Waals surface area contributed by atoms with Crippen LogP contribution in [0.1, 0.15) is 122 Å². The normalized spacial score (nSPS) is 27.8. The number of hydrogen-bond acceptors (Lipinski definition) is 35. The van der Waals surface area contributed by atoms with Crippen LogP contribution in [0.2, 0.25) is 10.0 Å². The lowest BCUT2D eigenvalue weighted by Crippen LogP contribution is -2.65. The van der Waals surface area contributed by atoms with Crippen molar-refractivity contribution in [2.75, 3.05) is 59.2 Å². The highest BCUT2D eigenvalue weighted by atomic mass is 35.5. The summed E-state index contributed by atoms with van der Waals surface area (Å²) in [6.45, 7) is 5.08. The first kappa shape index (κ1) is 106. The summed E-state index contributed by atoms with van der Waals surface area (Å²) < 4.78 is 94.5. The average molecular weight is 2020 g/mol. The number of nitrogens with zero attached hydrogens (tertiary/aromatic N) is 3. The molecule has 3 fully saturated rings. The van der Waals surface area contributed by atoms with Crippen LogP contribution >= 0.6 is 23.2 Å². The zero-order chi connectivity index (χ0) is 102. The van der Waals surface area contributed by atoms with Crippen LogP contribution in [-0.2, 0) is 68.6 Å². The lowest BCUT2D eigenvalue weighted by atomic mass is 9.86. The molecule has 11 bridgehead atoms. The van der Waals surface area contributed by atoms with E-state index in [-0.39, 0.29) is 78.6 Å². The first-order chi connectivity index (χ1) is 66.7. The van der Waals surface area contributed by atoms with E-state index in [2.05, 4.69) is 62.9 Å². The number of benzene rings is 6. The van der Waals surface area contributed by atoms with E-state index in [1.807, 2.05) is 4.90 Å². The number of anilines is 1. The maximum Gasteiger partial charge on any atom is 0.573 e. The average Bonchev–Trinajstić information content (AvgIpc) is 0.760. The van der Waals surface area contributed by atoms with Gasteiger partial charge in [0.1, 0.15) is 138 Å². The minimum Gasteiger partial charge on any atom is -0.508 e. The van der Waals surface area contributed by atoms with Gasteiger partial charge in [-0.1, -0.05) is 55.2 Å². The Kier molecular flexibility index (Phi) is 33.8. The Balaban J connectivity index is 0.918. The van der Waals surface area contributed by atoms with Gasteiger partial charge in [0.25, 0.3) is 5.91 Å². The number of phenolic OH excluding ortho intramolecular Hbond substituents is 3. The summed E-state index contributed by atoms with van der Waals surface area (Å²) in [6, 6.07) is 4.66. The van der Waals surface area contributed by atoms with Crippen LogP contribution in [0, 0.1) is 5.92 Å². The molecule has 9 amide bonds. The molecule has 8 aliphatic heterocycles. The van der Waals surface area contributed by atoms with Gasteiger partial charge >= 0.3 is 12.1 Å². The molecule has 3 saturated heterocycles. The molecule has 50 heteroatoms. The number of primary amides is 1. The Bertz CT molecular complexity index is 5860. The Labute approximate surface area is 810 Å². The summed E-state index contributed by atoms with van der Waals surface area (Å²) >= 11 is 14.6. The number of likely N-dealkylation sites (N-methyl/N-ethyl adjacent to an activating group) is 1. The number of aromatic nitrogens is 2. The fraction of sp³-hybridized carbons (Fsp3) is 0.462. The van der Waals surface area contributed by atoms with Crippen molar-refractivity contribution in [2.24, 2.45) is 17.4 Å². The summed E-state index contributed by atoms with van der Waals surface area (Å²) in [5.74, 6) is -17.4. The second-order valence-corrected chi connectivity index (χ2v) is 36.3. The van der Waals surface area contributed by atoms with E-state index < -0.39 is 297 Å². The Hall–Kier alpha value is -12.3. The van der Waals surface area contributed by atoms with Crippen molar-refractivity contribution in [1.29, 1.82) is 0 Å². The van der Waals surface area contributed by atoms with Gasteiger partial charge < -0.3 is 168 Å². The van der Waals surface area contributed by atoms with Crippen molar-refractivity contribution in [3.05, 3.63) is 169 Å². The number of nitrogens with one attached hydrogen (secondary N) is 10. The molecule has 6 aromatic carbocycles. The summed E-state index contributed by atoms with van der Waals surface area (Å²) in [5, 5.41) is 155. The van der Waals surface area contributed by atoms with E-state index in [4.69, 9.17) is 72.6 Å². The fourth-order valence-corrected chi connectivity index (χ4v) is 17.3. The first-order valence-electron chi connectivity index (χ1n) is 44.4. The molecule has 23 atom stereocenters. The van der Waals surface area contributed by atoms with Gasteiger partial charge in [-0.3, -0.25) is 47.7 Å². The molecule has 9 heterocycles. The van der Waals surface area contributed by atoms with E-state index in [9.17, 15) is 88.5 Å². The van der Waals surface area contributed by atoms with Crippen LogP contribution in [0.25, 0.3) is 11.1 Å². The third kappa shape index (κ3) is 25.1. The zero-order valence-electron chi connectivity index (χ0n) is 76.4. The maximum atomic E-state index is 16.6. The largest absolute Gasteiger partial charge is 0.573 e. The molecule has 0 saturated carbocycles. The van der Waals surface area contributed by atoms with Crippen molar-refractivity contribution in [3.63, 3.8) is 0 Å². The van der Waals surface area contributed by atoms with Crippen molar-refractivity contribution >= 4 is 82.2 Å². The third-order valence-electron chi connectivity index (χ3n) is 24.1. The summed E-state index contributed by atoms with van der Waals surface area (Å²) in [4.78, 5) is 155. The Morgan fingerprint density at radius 3 is 1.96 bits per heavy atom. The molecular formula is C91H108Cl2F3N15O30. The van der Waals surface area contributed by atoms with Gasteiger partial charge in [0, 0.05) is 67.1 Å². The molecule has 141 heavy (non-hydrogen) atoms. The second kappa shape index (κ2) is 44.9. The standard InChI is InChI=1S/C91H108Cl2F3N15O30/c1-37(2)25-50(99-5)80(125)108-67-69(117)41-12-17-54(48(92)27-41)134-56-29-43-30-57(76(56)139-88-74(122)72(120)77(59(36-112)137-88)140-87-73(121)71(119)70(118)58(136-87)35-100-21-24-111-23-19-61(104-89(111)132)103-79(124)39-9-14-45(15-10-39)141-91(94,95)96)135-55-18-13-42(28-49(55)93)75(138-62-34-90(4,98)78(123)38(3)133-62)68-86(131)107-66(82(127)101-20-8-22-110(6)7)47-31-44(113)32-53(115)63(47)46-26-40(11-16-52(46)114)64(83(128)109-68)106-84(129)65(43)105-81(126)51(33-60(97)116)102-85(67)130/h9-19,23,26-32,37-38,50-51,58-59,62,64-75,77-78,87-88,99-100,112-115,117-123H,8,20-22,24-25,33-36,98H2,1-7H3,(H2,97,116)(H,101,127)(H,102,130)(H,105,126)(H,106,129)(H,107,131)(H,108,125)(H,109,128)(H,103,104,124,132)/t38-,50+,51-,58+,59+,62?,64+,65+,66+,67?,68-,69+,70-,71-,72+,73+,74+,75+,77+,78-,87-,88-,90-/m0/s1. The minimum atomic E-state index is -4.99. The molecule has 25 N–H and O–H groups in total. The predicted molar refractivity (Wildman–Crippen MR) is 486 cm³/mol. The topological polar surface area (TPSA) is 670 Å². The molecule has 1 aromatic heterocycles. The van der Waals surface area contributed by atoms with Gasteiger partial charge in [0.05, 0.1) is 41.3 Å². The molecule has 2 unspecified atom stereocenters. The highest BCUT2D eigenvalue weighted by molar-refractivity contribution is 6.32. The van der Waals surface area contributed by atoms with E-state index in [1.54, 1.807) is 27.9 Å². The number of amides is 9. The van der Waals surface area contributed by atoms with E-state index in [1.165, 1.54) is 45.3 Å². The van der Waals surface area contributed by atoms with Crippen LogP contribution in [0.5, 0.6) is 51.7 Å². The van der Waals surface area contributed by atoms with Crippen molar-refractivity contribution in [3.8, 4) is 62.9 Å². The Morgan fingerprint density at radius 1 is 0.695 bits per heavy atom. The highest BCUT2D eigenvalue weighted by Gasteiger charge is 2.54. The summed E-state index contributed by atoms with van der Waals surface area (Å²) in [7, 11) is 5.00. The molecule has 7 aromatic rings. The number of aliphatic hydroxyl groups excluding tert-OH is 8. The lowest BCUT2D eigenvalue weighted by molar-refractivity contribution is -0.350. The summed E-state index contributed by atoms with van der Waals surface area (Å²) in [6.07, 6.45) is -33.8. The highest BCUT2D eigenvalue weighted by Crippen LogP contribution is 2.51. The van der Waals surface area contributed by atoms with Crippen molar-refractivity contribution in [1.82, 2.24) is 62.3 Å². The third-order valence-corrected chi connectivity index (χ3v) is 24.7. The van der Waals surface area contributed by atoms with Crippen LogP contribution in [0.4, 0.5) is 19.0 Å². The number of aromatic hydroxyl groups is 3. The molecule has 8 aliphatic rings. The zero-order valence-corrected chi connectivity index (χ0v) is 77.9. The number of halogens is 5. The monoisotopic (exact) mass is 2020 g/mol. The number of phenols is 3. The van der Waals surface area contributed by atoms with Crippen molar-refractivity contribution in [2.45, 2.75) is 206 Å². The molecule has 15 rings (SSSR count). The molecule has 45 nitrogen and oxygen atoms in total. The quantitative estimate of drug-likeness (QED) is 0.0299. The number of nitrogens with two attached hydrogens (primary N) is 2. The van der Waals surface area contributed by atoms with Gasteiger partial charge in [-0.05, 0) is 173 Å². The second-order valence-electron chi connectivity index (χ2n) is 35.5. The number of carbonyl (C=O) groups excluding carboxylic acids is 9. The minimum absolute atomic E-state index is 0.0539. The number of rotatable bonds is 27. The number of hydrogen-bond donors (Lipinski definition) is 23. The molecule has 0 spiro atoms. The molecule has 762 valence electrons. The van der Waals surface area contributed by atoms with Crippen molar-refractivity contribution < 1.29 is 155 Å². The fourth-order valence-electron chi connectivity index (χ4n) is 16.8. The number of ether oxygens (including phenoxy) is 9. The summed E-state index contributed by atoms with van der Waals surface area (Å²) in [5.41, 5.74) is 7.46. The molecule has 0 radical (unpaired) electrons. The van der Waals surface area contributed by atoms with E-state index in [0.29, 0.717) is 13.0 Å². The maximum absolute atomic E-state index is 16.6. The number of aliphatic hydroxyl groups is 8. The van der Waals surface area contributed by atoms with Gasteiger partial charge in [0.2, 0.25) is 59.3 Å². The Morgan fingerprint density at radius 2 is 1.33 bits per heavy atom. The smallest absolute Gasteiger partial charge is 0.508 e. The number of fused-ring (bicyclic) bond motifs is 15. The van der Waals surface area contributed by atoms with Crippen LogP contribution in [0.3, 0.4) is 0 Å². The molecular weight excluding hydrogens is 1910 g/mol. The number of alkyl halides is 3. The van der Waals surface area contributed by atoms with Crippen LogP contribution in [-0.4, -0.2) is 294 Å². The van der Waals surface area contributed by atoms with E-state index >= 15 is 28.8 Å². The van der Waals surface area contributed by atoms with Crippen LogP contribution < -0.4 is 89.3 Å². The van der Waals surface area contributed by atoms with Gasteiger partial charge in [-0.25, -0.2) is 4.79 Å². The van der Waals surface area contributed by atoms with E-state index in [0.717, 1.165) is 95.6 Å². The molecule has 0 aliphatic carbocycles. The van der Waals surface area contributed by atoms with Gasteiger partial charge in [-0.15, -0.1) is 13.2 Å². The van der Waals surface area contributed by atoms with Crippen LogP contribution in [0.15, 0.2) is 120 Å². The van der Waals surface area contributed by atoms with Gasteiger partial charge in [0.15, 0.2) is 24.1 Å². The van der Waals surface area contributed by atoms with Gasteiger partial charge in [-0.2, -0.15) is 4.98 Å². The lowest BCUT2D eigenvalue weighted by Gasteiger charge is -2.46. The SMILES string of the molecule is CN[C@H](CC(C)C)C(=O)NC1C(=O)N[C@@H](CC(N)=O)C(=O)N[C@H]2C(=O)N[C@H]3C(=O)N[C@H](C(=O)N[C@@H](C(=O)NCCCN(C)C)c4cc(O)cc(O)c4-c4cc3ccc4O)[C@H](OC3C[C@](C)(N)[C@@H](O)[C@H](C)O3)c3ccc(c(Cl)c3)Oc3cc2cc(c3O[C@@H]2O[C@H](CO)[C@@H](O[C@@H]3O[C@H](CNCCn4ccc(NC(=O)c5ccc(OC(F)(F)F)cc5)nc4=O)[C@H](O)[C@H](O)[C@H]3O)[C@H](O)[C@H]2O)Oc2ccc(cc2Cl)[C@H]1O. The first-order valence-corrected chi connectivity index (χ1v) is 45.2. The number of carbonyl (C=O) groups is 9. The predicted octanol–water partition coefficient (Wildman–Crippen LogP) is -0.0812.